The summed E-state index contributed by atoms with van der Waals surface area (Å²) in [6.45, 7) is 11.0. The van der Waals surface area contributed by atoms with Crippen LogP contribution in [0.15, 0.2) is 96.3 Å². The molecule has 4 heterocycles. The Balaban J connectivity index is 0.934. The largest absolute Gasteiger partial charge is 0.491 e. The minimum absolute atomic E-state index is 0.0907. The van der Waals surface area contributed by atoms with E-state index in [0.29, 0.717) is 19.8 Å². The number of nitrogens with zero attached hydrogens (tertiary/aromatic N) is 8. The first-order chi connectivity index (χ1) is 24.0. The molecule has 2 fully saturated rings. The summed E-state index contributed by atoms with van der Waals surface area (Å²) >= 11 is 0. The van der Waals surface area contributed by atoms with Crippen LogP contribution in [0.2, 0.25) is 0 Å². The molecule has 12 heteroatoms. The lowest BCUT2D eigenvalue weighted by Gasteiger charge is -2.38. The Morgan fingerprint density at radius 1 is 0.878 bits per heavy atom. The second-order valence-electron chi connectivity index (χ2n) is 12.7. The van der Waals surface area contributed by atoms with Gasteiger partial charge < -0.3 is 24.0 Å². The van der Waals surface area contributed by atoms with Crippen molar-refractivity contribution in [3.8, 4) is 11.4 Å². The van der Waals surface area contributed by atoms with E-state index in [-0.39, 0.29) is 17.8 Å². The van der Waals surface area contributed by atoms with Gasteiger partial charge in [-0.05, 0) is 67.8 Å². The first-order valence-corrected chi connectivity index (χ1v) is 17.2. The fourth-order valence-electron chi connectivity index (χ4n) is 6.85. The van der Waals surface area contributed by atoms with Gasteiger partial charge in [0.1, 0.15) is 31.3 Å². The van der Waals surface area contributed by atoms with Crippen LogP contribution < -0.4 is 20.2 Å². The van der Waals surface area contributed by atoms with Gasteiger partial charge in [-0.15, -0.1) is 0 Å². The molecule has 0 N–H and O–H groups in total. The van der Waals surface area contributed by atoms with Gasteiger partial charge in [-0.2, -0.15) is 20.1 Å². The standard InChI is InChI=1S/C37H44N8O4/c1-4-30(5-2)45-36(46)43(27-40-45)32-13-11-31(12-14-32)41-19-21-42(22-20-41)35-16-15-33(23-28(35)3)47-24-34-25-48-37(49-34,26-44-38-17-18-39-44)29-9-7-6-8-10-29/h6-18,23,27,30,34H,4-5,19-22,24-26H2,1-3H3/t34-,37-/m1/s1. The maximum absolute atomic E-state index is 13.0. The summed E-state index contributed by atoms with van der Waals surface area (Å²) < 4.78 is 22.2. The number of anilines is 2. The van der Waals surface area contributed by atoms with Gasteiger partial charge in [-0.25, -0.2) is 14.0 Å². The zero-order chi connectivity index (χ0) is 33.8. The third-order valence-electron chi connectivity index (χ3n) is 9.59. The molecule has 7 rings (SSSR count). The highest BCUT2D eigenvalue weighted by atomic mass is 16.8. The predicted molar refractivity (Wildman–Crippen MR) is 188 cm³/mol. The van der Waals surface area contributed by atoms with Crippen LogP contribution in [-0.2, 0) is 21.8 Å². The average molecular weight is 665 g/mol. The van der Waals surface area contributed by atoms with Crippen LogP contribution >= 0.6 is 0 Å². The van der Waals surface area contributed by atoms with Crippen molar-refractivity contribution in [1.82, 2.24) is 29.3 Å². The van der Waals surface area contributed by atoms with Gasteiger partial charge in [0, 0.05) is 43.1 Å². The van der Waals surface area contributed by atoms with Gasteiger partial charge in [0.15, 0.2) is 0 Å². The van der Waals surface area contributed by atoms with Crippen LogP contribution in [0.1, 0.15) is 43.9 Å². The fraction of sp³-hybridized carbons (Fsp3) is 0.405. The first kappa shape index (κ1) is 32.6. The van der Waals surface area contributed by atoms with E-state index < -0.39 is 5.79 Å². The van der Waals surface area contributed by atoms with E-state index in [0.717, 1.165) is 61.7 Å². The molecule has 0 aliphatic carbocycles. The number of aromatic nitrogens is 6. The van der Waals surface area contributed by atoms with Crippen LogP contribution in [0.5, 0.6) is 5.75 Å². The lowest BCUT2D eigenvalue weighted by molar-refractivity contribution is -0.192. The number of hydrogen-bond donors (Lipinski definition) is 0. The summed E-state index contributed by atoms with van der Waals surface area (Å²) in [6, 6.07) is 24.5. The van der Waals surface area contributed by atoms with E-state index in [1.165, 1.54) is 11.3 Å². The van der Waals surface area contributed by atoms with Crippen LogP contribution in [0.25, 0.3) is 5.69 Å². The number of piperazine rings is 1. The Bertz CT molecular complexity index is 1860. The monoisotopic (exact) mass is 664 g/mol. The minimum atomic E-state index is -0.978. The van der Waals surface area contributed by atoms with Gasteiger partial charge in [-0.1, -0.05) is 44.2 Å². The molecule has 3 aromatic carbocycles. The normalized spacial score (nSPS) is 19.6. The van der Waals surface area contributed by atoms with Crippen molar-refractivity contribution in [2.75, 3.05) is 49.2 Å². The van der Waals surface area contributed by atoms with Crippen molar-refractivity contribution < 1.29 is 14.2 Å². The lowest BCUT2D eigenvalue weighted by atomic mass is 10.1. The van der Waals surface area contributed by atoms with Crippen molar-refractivity contribution in [2.24, 2.45) is 0 Å². The molecule has 5 aromatic rings. The minimum Gasteiger partial charge on any atom is -0.491 e. The van der Waals surface area contributed by atoms with Crippen LogP contribution in [0.3, 0.4) is 0 Å². The van der Waals surface area contributed by atoms with Crippen LogP contribution in [0.4, 0.5) is 11.4 Å². The fourth-order valence-corrected chi connectivity index (χ4v) is 6.85. The zero-order valence-electron chi connectivity index (χ0n) is 28.4. The summed E-state index contributed by atoms with van der Waals surface area (Å²) in [5.74, 6) is -0.173. The molecule has 0 spiro atoms. The van der Waals surface area contributed by atoms with Gasteiger partial charge >= 0.3 is 5.69 Å². The van der Waals surface area contributed by atoms with Crippen LogP contribution in [-0.4, -0.2) is 74.8 Å². The molecule has 2 atom stereocenters. The molecule has 2 saturated heterocycles. The Hall–Kier alpha value is -4.94. The van der Waals surface area contributed by atoms with Crippen LogP contribution in [0, 0.1) is 6.92 Å². The molecule has 2 aliphatic heterocycles. The number of rotatable bonds is 12. The van der Waals surface area contributed by atoms with Crippen molar-refractivity contribution in [3.05, 3.63) is 113 Å². The molecule has 2 aliphatic rings. The molecule has 0 bridgehead atoms. The average Bonchev–Trinajstić information content (AvgIpc) is 3.90. The molecule has 0 amide bonds. The summed E-state index contributed by atoms with van der Waals surface area (Å²) in [6.07, 6.45) is 6.44. The summed E-state index contributed by atoms with van der Waals surface area (Å²) in [5.41, 5.74) is 5.20. The van der Waals surface area contributed by atoms with Crippen molar-refractivity contribution >= 4 is 11.4 Å². The molecule has 0 saturated carbocycles. The Morgan fingerprint density at radius 3 is 2.27 bits per heavy atom. The number of ether oxygens (including phenoxy) is 3. The third-order valence-corrected chi connectivity index (χ3v) is 9.59. The van der Waals surface area contributed by atoms with E-state index in [9.17, 15) is 4.79 Å². The quantitative estimate of drug-likeness (QED) is 0.183. The number of aryl methyl sites for hydroxylation is 1. The van der Waals surface area contributed by atoms with E-state index in [1.54, 1.807) is 32.8 Å². The Morgan fingerprint density at radius 2 is 1.57 bits per heavy atom. The van der Waals surface area contributed by atoms with Crippen molar-refractivity contribution in [2.45, 2.75) is 58.1 Å². The van der Waals surface area contributed by atoms with E-state index in [4.69, 9.17) is 14.2 Å². The molecular weight excluding hydrogens is 620 g/mol. The molecule has 256 valence electrons. The molecule has 0 unspecified atom stereocenters. The summed E-state index contributed by atoms with van der Waals surface area (Å²) in [4.78, 5) is 19.4. The van der Waals surface area contributed by atoms with Gasteiger partial charge in [0.2, 0.25) is 5.79 Å². The Kier molecular flexibility index (Phi) is 9.49. The second kappa shape index (κ2) is 14.3. The van der Waals surface area contributed by atoms with E-state index >= 15 is 0 Å². The highest BCUT2D eigenvalue weighted by molar-refractivity contribution is 5.58. The second-order valence-corrected chi connectivity index (χ2v) is 12.7. The van der Waals surface area contributed by atoms with Crippen molar-refractivity contribution in [3.63, 3.8) is 0 Å². The highest BCUT2D eigenvalue weighted by Crippen LogP contribution is 2.36. The molecule has 2 aromatic heterocycles. The van der Waals surface area contributed by atoms with Gasteiger partial charge in [0.25, 0.3) is 0 Å². The molecular formula is C37H44N8O4. The number of hydrogen-bond acceptors (Lipinski definition) is 9. The van der Waals surface area contributed by atoms with Gasteiger partial charge in [-0.3, -0.25) is 0 Å². The van der Waals surface area contributed by atoms with Crippen molar-refractivity contribution in [1.29, 1.82) is 0 Å². The lowest BCUT2D eigenvalue weighted by Crippen LogP contribution is -2.46. The zero-order valence-corrected chi connectivity index (χ0v) is 28.4. The maximum Gasteiger partial charge on any atom is 0.350 e. The maximum atomic E-state index is 13.0. The summed E-state index contributed by atoms with van der Waals surface area (Å²) in [7, 11) is 0. The number of benzene rings is 3. The Labute approximate surface area is 286 Å². The predicted octanol–water partition coefficient (Wildman–Crippen LogP) is 4.97. The third kappa shape index (κ3) is 6.83. The topological polar surface area (TPSA) is 105 Å². The van der Waals surface area contributed by atoms with Gasteiger partial charge in [0.05, 0.1) is 30.7 Å². The smallest absolute Gasteiger partial charge is 0.350 e. The molecule has 49 heavy (non-hydrogen) atoms. The first-order valence-electron chi connectivity index (χ1n) is 17.2. The summed E-state index contributed by atoms with van der Waals surface area (Å²) in [5, 5.41) is 12.9. The van der Waals surface area contributed by atoms with E-state index in [1.807, 2.05) is 48.5 Å². The highest BCUT2D eigenvalue weighted by Gasteiger charge is 2.44. The SMILES string of the molecule is CCC(CC)n1ncn(-c2ccc(N3CCN(c4ccc(OC[C@@H]5CO[C@@](Cn6nccn6)(c6ccccc6)O5)cc4C)CC3)cc2)c1=O. The van der Waals surface area contributed by atoms with E-state index in [2.05, 4.69) is 70.1 Å². The molecule has 0 radical (unpaired) electrons. The molecule has 12 nitrogen and oxygen atoms in total.